The molecule has 10 nitrogen and oxygen atoms in total. The van der Waals surface area contributed by atoms with Gasteiger partial charge in [0.05, 0.1) is 12.7 Å². The first-order chi connectivity index (χ1) is 14.7. The molecule has 0 fully saturated rings. The van der Waals surface area contributed by atoms with Gasteiger partial charge in [-0.2, -0.15) is 0 Å². The molecule has 0 aliphatic heterocycles. The van der Waals surface area contributed by atoms with E-state index in [-0.39, 0.29) is 0 Å². The summed E-state index contributed by atoms with van der Waals surface area (Å²) >= 11 is 0. The smallest absolute Gasteiger partial charge is 0.165 e. The molecule has 0 aliphatic rings. The molecule has 4 aromatic heterocycles. The molecule has 0 atom stereocenters. The van der Waals surface area contributed by atoms with Gasteiger partial charge in [-0.15, -0.1) is 0 Å². The summed E-state index contributed by atoms with van der Waals surface area (Å²) in [4.78, 5) is 25.2. The highest BCUT2D eigenvalue weighted by atomic mass is 15.1. The molecular formula is C20H28N10. The van der Waals surface area contributed by atoms with Gasteiger partial charge in [-0.1, -0.05) is 38.5 Å². The van der Waals surface area contributed by atoms with Crippen LogP contribution in [0.2, 0.25) is 0 Å². The molecule has 30 heavy (non-hydrogen) atoms. The van der Waals surface area contributed by atoms with Crippen molar-refractivity contribution in [3.05, 3.63) is 25.3 Å². The van der Waals surface area contributed by atoms with Gasteiger partial charge < -0.3 is 20.6 Å². The van der Waals surface area contributed by atoms with E-state index in [2.05, 4.69) is 39.0 Å². The summed E-state index contributed by atoms with van der Waals surface area (Å²) in [7, 11) is 0. The molecular weight excluding hydrogens is 380 g/mol. The normalized spacial score (nSPS) is 11.6. The minimum absolute atomic E-state index is 0.442. The summed E-state index contributed by atoms with van der Waals surface area (Å²) in [5.41, 5.74) is 14.7. The average Bonchev–Trinajstić information content (AvgIpc) is 3.35. The number of nitrogen functional groups attached to an aromatic ring is 2. The molecule has 0 aromatic carbocycles. The van der Waals surface area contributed by atoms with Gasteiger partial charge in [-0.25, -0.2) is 29.9 Å². The SMILES string of the molecule is Nc1ncnc2c1ncn2CCCCCCCCCCn1cnc2c(N)ncnc21. The molecule has 0 bridgehead atoms. The Kier molecular flexibility index (Phi) is 6.31. The number of nitrogens with zero attached hydrogens (tertiary/aromatic N) is 8. The van der Waals surface area contributed by atoms with Gasteiger partial charge in [0, 0.05) is 13.1 Å². The maximum absolute atomic E-state index is 5.83. The first-order valence-corrected chi connectivity index (χ1v) is 10.6. The summed E-state index contributed by atoms with van der Waals surface area (Å²) in [5.74, 6) is 0.884. The standard InChI is InChI=1S/C20H28N10/c21-17-15-19(25-11-23-17)29(13-27-15)9-7-5-3-1-2-4-6-8-10-30-14-28-16-18(22)24-12-26-20(16)30/h11-14H,1-10H2,(H2,21,23,25)(H2,22,24,26). The summed E-state index contributed by atoms with van der Waals surface area (Å²) < 4.78 is 4.12. The lowest BCUT2D eigenvalue weighted by molar-refractivity contribution is 0.529. The largest absolute Gasteiger partial charge is 0.382 e. The van der Waals surface area contributed by atoms with Crippen LogP contribution in [-0.4, -0.2) is 39.0 Å². The molecule has 0 saturated carbocycles. The molecule has 0 spiro atoms. The number of hydrogen-bond acceptors (Lipinski definition) is 8. The zero-order chi connectivity index (χ0) is 20.8. The Hall–Kier alpha value is -3.30. The Morgan fingerprint density at radius 3 is 1.37 bits per heavy atom. The van der Waals surface area contributed by atoms with Crippen LogP contribution in [0.15, 0.2) is 25.3 Å². The van der Waals surface area contributed by atoms with Crippen LogP contribution >= 0.6 is 0 Å². The van der Waals surface area contributed by atoms with Crippen molar-refractivity contribution >= 4 is 34.0 Å². The molecule has 0 radical (unpaired) electrons. The molecule has 0 amide bonds. The Labute approximate surface area is 174 Å². The van der Waals surface area contributed by atoms with Crippen molar-refractivity contribution in [3.8, 4) is 0 Å². The van der Waals surface area contributed by atoms with Crippen molar-refractivity contribution in [1.82, 2.24) is 39.0 Å². The fourth-order valence-corrected chi connectivity index (χ4v) is 3.75. The van der Waals surface area contributed by atoms with Gasteiger partial charge in [-0.05, 0) is 12.8 Å². The second kappa shape index (κ2) is 9.47. The summed E-state index contributed by atoms with van der Waals surface area (Å²) in [6.45, 7) is 1.83. The summed E-state index contributed by atoms with van der Waals surface area (Å²) in [5, 5.41) is 0. The highest BCUT2D eigenvalue weighted by Gasteiger charge is 2.08. The topological polar surface area (TPSA) is 139 Å². The van der Waals surface area contributed by atoms with Crippen molar-refractivity contribution in [3.63, 3.8) is 0 Å². The second-order valence-electron chi connectivity index (χ2n) is 7.57. The van der Waals surface area contributed by atoms with Crippen molar-refractivity contribution in [2.75, 3.05) is 11.5 Å². The highest BCUT2D eigenvalue weighted by molar-refractivity contribution is 5.81. The van der Waals surface area contributed by atoms with E-state index in [9.17, 15) is 0 Å². The predicted molar refractivity (Wildman–Crippen MR) is 116 cm³/mol. The molecule has 4 aromatic rings. The summed E-state index contributed by atoms with van der Waals surface area (Å²) in [6, 6.07) is 0. The zero-order valence-electron chi connectivity index (χ0n) is 17.1. The van der Waals surface area contributed by atoms with Gasteiger partial charge in [0.25, 0.3) is 0 Å². The molecule has 4 heterocycles. The van der Waals surface area contributed by atoms with Gasteiger partial charge in [0.2, 0.25) is 0 Å². The predicted octanol–water partition coefficient (Wildman–Crippen LogP) is 2.95. The van der Waals surface area contributed by atoms with Crippen LogP contribution in [0.5, 0.6) is 0 Å². The van der Waals surface area contributed by atoms with E-state index in [4.69, 9.17) is 11.5 Å². The van der Waals surface area contributed by atoms with Crippen molar-refractivity contribution in [2.45, 2.75) is 64.5 Å². The number of fused-ring (bicyclic) bond motifs is 2. The van der Waals surface area contributed by atoms with Crippen molar-refractivity contribution < 1.29 is 0 Å². The van der Waals surface area contributed by atoms with Crippen LogP contribution in [0.1, 0.15) is 51.4 Å². The van der Waals surface area contributed by atoms with Crippen LogP contribution in [-0.2, 0) is 13.1 Å². The van der Waals surface area contributed by atoms with Crippen molar-refractivity contribution in [2.24, 2.45) is 0 Å². The zero-order valence-corrected chi connectivity index (χ0v) is 17.1. The maximum atomic E-state index is 5.83. The molecule has 158 valence electrons. The quantitative estimate of drug-likeness (QED) is 0.361. The third-order valence-electron chi connectivity index (χ3n) is 5.41. The number of rotatable bonds is 11. The number of imidazole rings is 2. The maximum Gasteiger partial charge on any atom is 0.165 e. The molecule has 4 N–H and O–H groups in total. The van der Waals surface area contributed by atoms with E-state index in [0.29, 0.717) is 22.7 Å². The third-order valence-corrected chi connectivity index (χ3v) is 5.41. The number of hydrogen-bond donors (Lipinski definition) is 2. The van der Waals surface area contributed by atoms with Crippen LogP contribution < -0.4 is 11.5 Å². The van der Waals surface area contributed by atoms with E-state index in [0.717, 1.165) is 37.2 Å². The highest BCUT2D eigenvalue weighted by Crippen LogP contribution is 2.17. The Morgan fingerprint density at radius 2 is 0.933 bits per heavy atom. The lowest BCUT2D eigenvalue weighted by atomic mass is 10.1. The van der Waals surface area contributed by atoms with Gasteiger partial charge in [0.15, 0.2) is 22.9 Å². The van der Waals surface area contributed by atoms with Gasteiger partial charge in [0.1, 0.15) is 23.7 Å². The monoisotopic (exact) mass is 408 g/mol. The van der Waals surface area contributed by atoms with Gasteiger partial charge in [-0.3, -0.25) is 0 Å². The Morgan fingerprint density at radius 1 is 0.533 bits per heavy atom. The fraction of sp³-hybridized carbons (Fsp3) is 0.500. The minimum Gasteiger partial charge on any atom is -0.382 e. The van der Waals surface area contributed by atoms with E-state index in [1.807, 2.05) is 0 Å². The molecule has 4 rings (SSSR count). The van der Waals surface area contributed by atoms with E-state index in [1.165, 1.54) is 51.2 Å². The molecule has 0 aliphatic carbocycles. The van der Waals surface area contributed by atoms with Crippen LogP contribution in [0.3, 0.4) is 0 Å². The van der Waals surface area contributed by atoms with Crippen molar-refractivity contribution in [1.29, 1.82) is 0 Å². The number of nitrogens with two attached hydrogens (primary N) is 2. The third kappa shape index (κ3) is 4.47. The molecule has 10 heteroatoms. The Balaban J connectivity index is 1.07. The lowest BCUT2D eigenvalue weighted by Gasteiger charge is -2.05. The van der Waals surface area contributed by atoms with E-state index >= 15 is 0 Å². The van der Waals surface area contributed by atoms with E-state index in [1.54, 1.807) is 12.7 Å². The number of aryl methyl sites for hydroxylation is 2. The molecule has 0 saturated heterocycles. The lowest BCUT2D eigenvalue weighted by Crippen LogP contribution is -1.99. The summed E-state index contributed by atoms with van der Waals surface area (Å²) in [6.07, 6.45) is 16.3. The van der Waals surface area contributed by atoms with Crippen LogP contribution in [0.25, 0.3) is 22.3 Å². The van der Waals surface area contributed by atoms with E-state index < -0.39 is 0 Å². The number of anilines is 2. The minimum atomic E-state index is 0.442. The first-order valence-electron chi connectivity index (χ1n) is 10.6. The van der Waals surface area contributed by atoms with Crippen LogP contribution in [0, 0.1) is 0 Å². The Bertz CT molecular complexity index is 1010. The van der Waals surface area contributed by atoms with Crippen LogP contribution in [0.4, 0.5) is 11.6 Å². The second-order valence-corrected chi connectivity index (χ2v) is 7.57. The number of aromatic nitrogens is 8. The first kappa shape index (κ1) is 20.0. The van der Waals surface area contributed by atoms with Gasteiger partial charge >= 0.3 is 0 Å². The number of unbranched alkanes of at least 4 members (excludes halogenated alkanes) is 7. The fourth-order valence-electron chi connectivity index (χ4n) is 3.75. The average molecular weight is 409 g/mol. The molecule has 0 unspecified atom stereocenters.